The molecule has 0 spiro atoms. The number of hydrogen-bond acceptors (Lipinski definition) is 3. The molecule has 1 aromatic carbocycles. The van der Waals surface area contributed by atoms with Crippen LogP contribution in [0.5, 0.6) is 0 Å². The first-order chi connectivity index (χ1) is 7.24. The molecule has 0 bridgehead atoms. The minimum Gasteiger partial charge on any atom is -0.382 e. The molecule has 0 fully saturated rings. The quantitative estimate of drug-likeness (QED) is 0.796. The Morgan fingerprint density at radius 1 is 1.40 bits per heavy atom. The van der Waals surface area contributed by atoms with Crippen LogP contribution in [0.2, 0.25) is 5.02 Å². The summed E-state index contributed by atoms with van der Waals surface area (Å²) in [6.07, 6.45) is 1.48. The normalized spacial score (nSPS) is 9.87. The minimum absolute atomic E-state index is 0.204. The summed E-state index contributed by atoms with van der Waals surface area (Å²) in [5, 5.41) is 9.27. The number of imidazole rings is 1. The van der Waals surface area contributed by atoms with Gasteiger partial charge in [-0.25, -0.2) is 4.98 Å². The molecule has 0 amide bonds. The molecule has 0 unspecified atom stereocenters. The van der Waals surface area contributed by atoms with Crippen molar-refractivity contribution in [3.8, 4) is 11.8 Å². The van der Waals surface area contributed by atoms with E-state index >= 15 is 0 Å². The summed E-state index contributed by atoms with van der Waals surface area (Å²) < 4.78 is 1.58. The van der Waals surface area contributed by atoms with Gasteiger partial charge in [0, 0.05) is 0 Å². The lowest BCUT2D eigenvalue weighted by Crippen LogP contribution is -2.00. The van der Waals surface area contributed by atoms with Crippen LogP contribution in [-0.4, -0.2) is 9.55 Å². The van der Waals surface area contributed by atoms with Crippen LogP contribution in [0.1, 0.15) is 5.69 Å². The van der Waals surface area contributed by atoms with Crippen LogP contribution in [0.25, 0.3) is 5.69 Å². The molecule has 15 heavy (non-hydrogen) atoms. The van der Waals surface area contributed by atoms with Crippen molar-refractivity contribution in [3.63, 3.8) is 0 Å². The van der Waals surface area contributed by atoms with Crippen LogP contribution in [0.3, 0.4) is 0 Å². The second kappa shape index (κ2) is 3.64. The summed E-state index contributed by atoms with van der Waals surface area (Å²) in [5.74, 6) is 0.297. The van der Waals surface area contributed by atoms with E-state index in [1.165, 1.54) is 6.33 Å². The molecule has 5 heteroatoms. The van der Waals surface area contributed by atoms with Gasteiger partial charge in [-0.05, 0) is 12.1 Å². The van der Waals surface area contributed by atoms with Crippen LogP contribution in [-0.2, 0) is 0 Å². The third-order valence-corrected chi connectivity index (χ3v) is 2.34. The summed E-state index contributed by atoms with van der Waals surface area (Å²) in [4.78, 5) is 3.87. The smallest absolute Gasteiger partial charge is 0.182 e. The van der Waals surface area contributed by atoms with E-state index < -0.39 is 0 Å². The Morgan fingerprint density at radius 2 is 2.13 bits per heavy atom. The van der Waals surface area contributed by atoms with Crippen molar-refractivity contribution >= 4 is 17.4 Å². The van der Waals surface area contributed by atoms with E-state index in [4.69, 9.17) is 22.6 Å². The maximum atomic E-state index is 8.71. The van der Waals surface area contributed by atoms with Crippen LogP contribution < -0.4 is 5.73 Å². The van der Waals surface area contributed by atoms with Gasteiger partial charge < -0.3 is 5.73 Å². The van der Waals surface area contributed by atoms with E-state index in [9.17, 15) is 0 Å². The maximum Gasteiger partial charge on any atom is 0.182 e. The summed E-state index contributed by atoms with van der Waals surface area (Å²) in [7, 11) is 0. The largest absolute Gasteiger partial charge is 0.382 e. The molecule has 0 radical (unpaired) electrons. The Kier molecular flexibility index (Phi) is 2.32. The van der Waals surface area contributed by atoms with Gasteiger partial charge >= 0.3 is 0 Å². The van der Waals surface area contributed by atoms with Gasteiger partial charge in [0.25, 0.3) is 0 Å². The zero-order valence-electron chi connectivity index (χ0n) is 7.68. The Hall–Kier alpha value is -1.99. The lowest BCUT2D eigenvalue weighted by Gasteiger charge is -2.06. The molecule has 0 atom stereocenters. The number of halogens is 1. The number of benzene rings is 1. The van der Waals surface area contributed by atoms with Gasteiger partial charge in [-0.1, -0.05) is 23.7 Å². The fourth-order valence-corrected chi connectivity index (χ4v) is 1.51. The van der Waals surface area contributed by atoms with Crippen molar-refractivity contribution in [2.24, 2.45) is 0 Å². The van der Waals surface area contributed by atoms with E-state index in [-0.39, 0.29) is 5.69 Å². The molecule has 1 aromatic heterocycles. The van der Waals surface area contributed by atoms with Crippen LogP contribution in [0.15, 0.2) is 30.6 Å². The fourth-order valence-electron chi connectivity index (χ4n) is 1.28. The molecule has 4 nitrogen and oxygen atoms in total. The molecule has 0 saturated heterocycles. The zero-order chi connectivity index (χ0) is 10.8. The van der Waals surface area contributed by atoms with Gasteiger partial charge in [0.05, 0.1) is 10.7 Å². The average molecular weight is 219 g/mol. The zero-order valence-corrected chi connectivity index (χ0v) is 8.44. The molecule has 2 aromatic rings. The highest BCUT2D eigenvalue weighted by Crippen LogP contribution is 2.23. The number of aromatic nitrogens is 2. The standard InChI is InChI=1S/C10H7ClN4/c11-7-3-1-2-4-9(7)15-6-14-8(5-12)10(15)13/h1-4,6H,13H2. The number of nitrogens with zero attached hydrogens (tertiary/aromatic N) is 3. The highest BCUT2D eigenvalue weighted by molar-refractivity contribution is 6.32. The van der Waals surface area contributed by atoms with Gasteiger partial charge in [-0.2, -0.15) is 5.26 Å². The van der Waals surface area contributed by atoms with Gasteiger partial charge in [-0.15, -0.1) is 0 Å². The Morgan fingerprint density at radius 3 is 2.73 bits per heavy atom. The van der Waals surface area contributed by atoms with E-state index in [0.29, 0.717) is 16.5 Å². The van der Waals surface area contributed by atoms with Crippen LogP contribution in [0.4, 0.5) is 5.82 Å². The third-order valence-electron chi connectivity index (χ3n) is 2.02. The summed E-state index contributed by atoms with van der Waals surface area (Å²) in [6, 6.07) is 9.13. The molecule has 0 aliphatic heterocycles. The molecule has 0 aliphatic rings. The van der Waals surface area contributed by atoms with Crippen molar-refractivity contribution < 1.29 is 0 Å². The summed E-state index contributed by atoms with van der Waals surface area (Å²) in [6.45, 7) is 0. The van der Waals surface area contributed by atoms with E-state index in [1.807, 2.05) is 24.3 Å². The van der Waals surface area contributed by atoms with Crippen molar-refractivity contribution in [1.29, 1.82) is 5.26 Å². The van der Waals surface area contributed by atoms with Gasteiger partial charge in [0.15, 0.2) is 5.69 Å². The van der Waals surface area contributed by atoms with Crippen LogP contribution >= 0.6 is 11.6 Å². The van der Waals surface area contributed by atoms with Crippen molar-refractivity contribution in [2.75, 3.05) is 5.73 Å². The SMILES string of the molecule is N#Cc1ncn(-c2ccccc2Cl)c1N. The van der Waals surface area contributed by atoms with Crippen molar-refractivity contribution in [1.82, 2.24) is 9.55 Å². The first-order valence-corrected chi connectivity index (χ1v) is 4.59. The Balaban J connectivity index is 2.61. The molecular weight excluding hydrogens is 212 g/mol. The Bertz CT molecular complexity index is 539. The monoisotopic (exact) mass is 218 g/mol. The second-order valence-corrected chi connectivity index (χ2v) is 3.32. The molecule has 2 rings (SSSR count). The van der Waals surface area contributed by atoms with E-state index in [2.05, 4.69) is 4.98 Å². The number of para-hydroxylation sites is 1. The predicted molar refractivity (Wildman–Crippen MR) is 57.7 cm³/mol. The number of anilines is 1. The van der Waals surface area contributed by atoms with E-state index in [0.717, 1.165) is 0 Å². The number of nitrogens with two attached hydrogens (primary N) is 1. The number of nitriles is 1. The summed E-state index contributed by atoms with van der Waals surface area (Å²) >= 11 is 6.00. The highest BCUT2D eigenvalue weighted by atomic mass is 35.5. The van der Waals surface area contributed by atoms with E-state index in [1.54, 1.807) is 10.6 Å². The average Bonchev–Trinajstić information content (AvgIpc) is 2.60. The molecule has 0 aliphatic carbocycles. The summed E-state index contributed by atoms with van der Waals surface area (Å²) in [5.41, 5.74) is 6.65. The van der Waals surface area contributed by atoms with Crippen molar-refractivity contribution in [3.05, 3.63) is 41.3 Å². The molecule has 74 valence electrons. The predicted octanol–water partition coefficient (Wildman–Crippen LogP) is 1.98. The van der Waals surface area contributed by atoms with Crippen molar-refractivity contribution in [2.45, 2.75) is 0 Å². The lowest BCUT2D eigenvalue weighted by molar-refractivity contribution is 1.07. The lowest BCUT2D eigenvalue weighted by atomic mass is 10.3. The number of rotatable bonds is 1. The number of hydrogen-bond donors (Lipinski definition) is 1. The number of nitrogen functional groups attached to an aromatic ring is 1. The fraction of sp³-hybridized carbons (Fsp3) is 0. The Labute approximate surface area is 91.5 Å². The molecule has 2 N–H and O–H groups in total. The van der Waals surface area contributed by atoms with Gasteiger partial charge in [0.2, 0.25) is 0 Å². The molecular formula is C10H7ClN4. The third kappa shape index (κ3) is 1.53. The molecule has 1 heterocycles. The molecule has 0 saturated carbocycles. The topological polar surface area (TPSA) is 67.6 Å². The van der Waals surface area contributed by atoms with Gasteiger partial charge in [0.1, 0.15) is 18.2 Å². The second-order valence-electron chi connectivity index (χ2n) is 2.91. The maximum absolute atomic E-state index is 8.71. The first kappa shape index (κ1) is 9.56. The minimum atomic E-state index is 0.204. The highest BCUT2D eigenvalue weighted by Gasteiger charge is 2.09. The van der Waals surface area contributed by atoms with Crippen LogP contribution in [0, 0.1) is 11.3 Å². The van der Waals surface area contributed by atoms with Gasteiger partial charge in [-0.3, -0.25) is 4.57 Å². The first-order valence-electron chi connectivity index (χ1n) is 4.22.